The summed E-state index contributed by atoms with van der Waals surface area (Å²) >= 11 is 0. The molecule has 1 aromatic heterocycles. The molecule has 0 unspecified atom stereocenters. The van der Waals surface area contributed by atoms with E-state index in [1.807, 2.05) is 18.2 Å². The third kappa shape index (κ3) is 4.58. The lowest BCUT2D eigenvalue weighted by Gasteiger charge is -2.07. The predicted molar refractivity (Wildman–Crippen MR) is 76.5 cm³/mol. The van der Waals surface area contributed by atoms with Crippen molar-refractivity contribution in [3.63, 3.8) is 0 Å². The molecule has 0 fully saturated rings. The molecule has 6 heteroatoms. The van der Waals surface area contributed by atoms with Crippen LogP contribution in [0.4, 0.5) is 5.69 Å². The highest BCUT2D eigenvalue weighted by Gasteiger charge is 2.01. The van der Waals surface area contributed by atoms with Crippen molar-refractivity contribution in [1.82, 2.24) is 0 Å². The fourth-order valence-electron chi connectivity index (χ4n) is 1.66. The van der Waals surface area contributed by atoms with E-state index in [4.69, 9.17) is 20.1 Å². The Bertz CT molecular complexity index is 641. The molecule has 6 nitrogen and oxygen atoms in total. The third-order valence-electron chi connectivity index (χ3n) is 2.71. The Balaban J connectivity index is 1.82. The second kappa shape index (κ2) is 7.01. The van der Waals surface area contributed by atoms with Gasteiger partial charge in [0.1, 0.15) is 17.6 Å². The monoisotopic (exact) mass is 285 g/mol. The third-order valence-corrected chi connectivity index (χ3v) is 2.71. The summed E-state index contributed by atoms with van der Waals surface area (Å²) in [6.45, 7) is 0.759. The molecule has 1 amide bonds. The molecular formula is C15H15N3O3. The van der Waals surface area contributed by atoms with Gasteiger partial charge in [-0.15, -0.1) is 0 Å². The van der Waals surface area contributed by atoms with Crippen molar-refractivity contribution in [2.45, 2.75) is 13.0 Å². The number of nitrogens with two attached hydrogens (primary N) is 1. The molecule has 0 aliphatic rings. The maximum atomic E-state index is 10.6. The SMILES string of the molecule is N#Cc1ccc(CNc2ccc(OCCC(N)=O)cc2)o1. The highest BCUT2D eigenvalue weighted by Crippen LogP contribution is 2.17. The number of ether oxygens (including phenoxy) is 1. The summed E-state index contributed by atoms with van der Waals surface area (Å²) in [5.74, 6) is 1.27. The minimum Gasteiger partial charge on any atom is -0.493 e. The Morgan fingerprint density at radius 3 is 2.67 bits per heavy atom. The van der Waals surface area contributed by atoms with Crippen LogP contribution in [0.3, 0.4) is 0 Å². The number of amides is 1. The van der Waals surface area contributed by atoms with E-state index in [0.29, 0.717) is 23.8 Å². The van der Waals surface area contributed by atoms with Crippen LogP contribution in [0.15, 0.2) is 40.8 Å². The number of carbonyl (C=O) groups is 1. The van der Waals surface area contributed by atoms with Crippen LogP contribution in [0, 0.1) is 11.3 Å². The number of nitrogens with one attached hydrogen (secondary N) is 1. The normalized spacial score (nSPS) is 9.86. The average molecular weight is 285 g/mol. The number of hydrogen-bond donors (Lipinski definition) is 2. The molecule has 0 spiro atoms. The van der Waals surface area contributed by atoms with E-state index in [1.54, 1.807) is 24.3 Å². The van der Waals surface area contributed by atoms with Gasteiger partial charge in [0.25, 0.3) is 0 Å². The number of benzene rings is 1. The van der Waals surface area contributed by atoms with Crippen LogP contribution in [0.2, 0.25) is 0 Å². The van der Waals surface area contributed by atoms with Gasteiger partial charge in [0.05, 0.1) is 19.6 Å². The van der Waals surface area contributed by atoms with Crippen LogP contribution in [0.5, 0.6) is 5.75 Å². The summed E-state index contributed by atoms with van der Waals surface area (Å²) in [6.07, 6.45) is 0.194. The number of primary amides is 1. The fraction of sp³-hybridized carbons (Fsp3) is 0.200. The number of anilines is 1. The van der Waals surface area contributed by atoms with Crippen molar-refractivity contribution in [1.29, 1.82) is 5.26 Å². The molecule has 21 heavy (non-hydrogen) atoms. The summed E-state index contributed by atoms with van der Waals surface area (Å²) in [6, 6.07) is 12.6. The van der Waals surface area contributed by atoms with Gasteiger partial charge in [0.2, 0.25) is 11.7 Å². The van der Waals surface area contributed by atoms with Crippen LogP contribution < -0.4 is 15.8 Å². The van der Waals surface area contributed by atoms with Gasteiger partial charge in [-0.3, -0.25) is 4.79 Å². The summed E-state index contributed by atoms with van der Waals surface area (Å²) in [5, 5.41) is 11.8. The van der Waals surface area contributed by atoms with E-state index in [1.165, 1.54) is 0 Å². The van der Waals surface area contributed by atoms with Gasteiger partial charge in [-0.2, -0.15) is 5.26 Å². The zero-order valence-electron chi connectivity index (χ0n) is 11.3. The Kier molecular flexibility index (Phi) is 4.83. The number of rotatable bonds is 7. The molecule has 3 N–H and O–H groups in total. The van der Waals surface area contributed by atoms with Crippen molar-refractivity contribution < 1.29 is 13.9 Å². The Labute approximate surface area is 122 Å². The number of hydrogen-bond acceptors (Lipinski definition) is 5. The molecule has 0 aliphatic carbocycles. The first-order valence-corrected chi connectivity index (χ1v) is 6.41. The highest BCUT2D eigenvalue weighted by atomic mass is 16.5. The fourth-order valence-corrected chi connectivity index (χ4v) is 1.66. The van der Waals surface area contributed by atoms with Crippen molar-refractivity contribution in [3.8, 4) is 11.8 Å². The van der Waals surface area contributed by atoms with Crippen LogP contribution >= 0.6 is 0 Å². The minimum absolute atomic E-state index is 0.194. The lowest BCUT2D eigenvalue weighted by atomic mass is 10.3. The van der Waals surface area contributed by atoms with Gasteiger partial charge >= 0.3 is 0 Å². The molecular weight excluding hydrogens is 270 g/mol. The van der Waals surface area contributed by atoms with E-state index < -0.39 is 0 Å². The molecule has 2 rings (SSSR count). The lowest BCUT2D eigenvalue weighted by Crippen LogP contribution is -2.14. The number of nitriles is 1. The van der Waals surface area contributed by atoms with Crippen LogP contribution in [-0.4, -0.2) is 12.5 Å². The molecule has 1 heterocycles. The van der Waals surface area contributed by atoms with Crippen LogP contribution in [0.25, 0.3) is 0 Å². The Morgan fingerprint density at radius 2 is 2.05 bits per heavy atom. The second-order valence-corrected chi connectivity index (χ2v) is 4.32. The zero-order valence-corrected chi connectivity index (χ0v) is 11.3. The largest absolute Gasteiger partial charge is 0.493 e. The van der Waals surface area contributed by atoms with Gasteiger partial charge in [-0.05, 0) is 36.4 Å². The van der Waals surface area contributed by atoms with Crippen molar-refractivity contribution in [3.05, 3.63) is 47.9 Å². The van der Waals surface area contributed by atoms with Gasteiger partial charge in [0.15, 0.2) is 0 Å². The molecule has 0 saturated heterocycles. The summed E-state index contributed by atoms with van der Waals surface area (Å²) in [4.78, 5) is 10.6. The molecule has 0 bridgehead atoms. The van der Waals surface area contributed by atoms with Crippen LogP contribution in [0.1, 0.15) is 17.9 Å². The van der Waals surface area contributed by atoms with Gasteiger partial charge < -0.3 is 20.2 Å². The van der Waals surface area contributed by atoms with E-state index in [9.17, 15) is 4.79 Å². The van der Waals surface area contributed by atoms with Crippen LogP contribution in [-0.2, 0) is 11.3 Å². The van der Waals surface area contributed by atoms with Gasteiger partial charge in [-0.1, -0.05) is 0 Å². The summed E-state index contributed by atoms with van der Waals surface area (Å²) in [7, 11) is 0. The summed E-state index contributed by atoms with van der Waals surface area (Å²) in [5.41, 5.74) is 5.92. The molecule has 0 radical (unpaired) electrons. The number of furan rings is 1. The molecule has 108 valence electrons. The molecule has 0 aliphatic heterocycles. The maximum Gasteiger partial charge on any atom is 0.220 e. The van der Waals surface area contributed by atoms with E-state index >= 15 is 0 Å². The molecule has 0 atom stereocenters. The van der Waals surface area contributed by atoms with E-state index in [-0.39, 0.29) is 18.9 Å². The highest BCUT2D eigenvalue weighted by molar-refractivity contribution is 5.73. The Hall–Kier alpha value is -2.94. The second-order valence-electron chi connectivity index (χ2n) is 4.32. The topological polar surface area (TPSA) is 101 Å². The van der Waals surface area contributed by atoms with Gasteiger partial charge in [-0.25, -0.2) is 0 Å². The summed E-state index contributed by atoms with van der Waals surface area (Å²) < 4.78 is 10.6. The Morgan fingerprint density at radius 1 is 1.29 bits per heavy atom. The zero-order chi connectivity index (χ0) is 15.1. The minimum atomic E-state index is -0.386. The molecule has 0 saturated carbocycles. The van der Waals surface area contributed by atoms with E-state index in [0.717, 1.165) is 5.69 Å². The number of nitrogens with zero attached hydrogens (tertiary/aromatic N) is 1. The molecule has 2 aromatic rings. The van der Waals surface area contributed by atoms with Gasteiger partial charge in [0, 0.05) is 5.69 Å². The smallest absolute Gasteiger partial charge is 0.220 e. The van der Waals surface area contributed by atoms with Crippen molar-refractivity contribution in [2.24, 2.45) is 5.73 Å². The van der Waals surface area contributed by atoms with Crippen molar-refractivity contribution in [2.75, 3.05) is 11.9 Å². The number of carbonyl (C=O) groups excluding carboxylic acids is 1. The molecule has 1 aromatic carbocycles. The maximum absolute atomic E-state index is 10.6. The first-order chi connectivity index (χ1) is 10.2. The first kappa shape index (κ1) is 14.5. The predicted octanol–water partition coefficient (Wildman–Crippen LogP) is 2.02. The van der Waals surface area contributed by atoms with Crippen molar-refractivity contribution >= 4 is 11.6 Å². The lowest BCUT2D eigenvalue weighted by molar-refractivity contribution is -0.118. The van der Waals surface area contributed by atoms with E-state index in [2.05, 4.69) is 5.32 Å². The first-order valence-electron chi connectivity index (χ1n) is 6.41. The standard InChI is InChI=1S/C15H15N3O3/c16-9-13-5-6-14(21-13)10-18-11-1-3-12(4-2-11)20-8-7-15(17)19/h1-6,18H,7-8,10H2,(H2,17,19). The average Bonchev–Trinajstić information content (AvgIpc) is 2.94. The quantitative estimate of drug-likeness (QED) is 0.810.